The molecule has 7 aromatic heterocycles. The number of aryl methyl sites for hydroxylation is 3. The lowest BCUT2D eigenvalue weighted by atomic mass is 10.0. The SMILES string of the molecule is Cc1noc(C)c1-c1cccc(Nc2nccc(-c3ccc(-c4cccc5c(Nc6ccnc(Nc7ccc8c(n7)N(C(C)C)[C@H](C)C(=O)N8CC7CCC(N8c9cc(Nc%10nccc(-c%11cncc%12ccccc%11%12)n%10)ccc9N(C)C(=O)[C@H]8C)C7)n6)nn(C)c45)cc3)n2)c1. The van der Waals surface area contributed by atoms with E-state index in [2.05, 4.69) is 112 Å². The van der Waals surface area contributed by atoms with E-state index in [0.29, 0.717) is 47.7 Å². The molecular formula is C73H69N19O3. The fourth-order valence-corrected chi connectivity index (χ4v) is 14.1. The number of nitrogens with zero attached hydrogens (tertiary/aromatic N) is 15. The second-order valence-electron chi connectivity index (χ2n) is 24.9. The average Bonchev–Trinajstić information content (AvgIpc) is 1.76. The molecule has 4 atom stereocenters. The van der Waals surface area contributed by atoms with Crippen LogP contribution < -0.4 is 40.9 Å². The van der Waals surface area contributed by atoms with Crippen LogP contribution in [0.2, 0.25) is 0 Å². The van der Waals surface area contributed by atoms with Crippen LogP contribution in [0.3, 0.4) is 0 Å². The van der Waals surface area contributed by atoms with Gasteiger partial charge in [-0.25, -0.2) is 29.9 Å². The van der Waals surface area contributed by atoms with Crippen LogP contribution in [0.15, 0.2) is 175 Å². The maximum Gasteiger partial charge on any atom is 0.249 e. The molecule has 2 aliphatic heterocycles. The summed E-state index contributed by atoms with van der Waals surface area (Å²) in [5.41, 5.74) is 13.4. The molecule has 15 rings (SSSR count). The molecule has 0 spiro atoms. The lowest BCUT2D eigenvalue weighted by molar-refractivity contribution is -0.120. The van der Waals surface area contributed by atoms with Crippen LogP contribution in [-0.2, 0) is 16.6 Å². The maximum absolute atomic E-state index is 14.6. The van der Waals surface area contributed by atoms with E-state index in [4.69, 9.17) is 29.6 Å². The van der Waals surface area contributed by atoms with Gasteiger partial charge >= 0.3 is 0 Å². The van der Waals surface area contributed by atoms with Gasteiger partial charge < -0.3 is 45.4 Å². The van der Waals surface area contributed by atoms with Crippen LogP contribution in [0.25, 0.3) is 66.4 Å². The van der Waals surface area contributed by atoms with Crippen LogP contribution in [0.5, 0.6) is 0 Å². The molecule has 1 saturated carbocycles. The Bertz CT molecular complexity index is 4930. The molecule has 1 aliphatic carbocycles. The Morgan fingerprint density at radius 3 is 2.09 bits per heavy atom. The topological polar surface area (TPSA) is 242 Å². The van der Waals surface area contributed by atoms with Gasteiger partial charge in [-0.3, -0.25) is 19.3 Å². The molecule has 2 unspecified atom stereocenters. The Labute approximate surface area is 548 Å². The number of pyridine rings is 2. The number of rotatable bonds is 16. The average molecular weight is 1260 g/mol. The maximum atomic E-state index is 14.6. The minimum Gasteiger partial charge on any atom is -0.361 e. The summed E-state index contributed by atoms with van der Waals surface area (Å²) in [5, 5.41) is 25.7. The van der Waals surface area contributed by atoms with Crippen molar-refractivity contribution in [2.24, 2.45) is 13.0 Å². The zero-order valence-corrected chi connectivity index (χ0v) is 53.8. The highest BCUT2D eigenvalue weighted by atomic mass is 16.5. The lowest BCUT2D eigenvalue weighted by Gasteiger charge is -2.44. The number of anilines is 12. The van der Waals surface area contributed by atoms with Crippen molar-refractivity contribution in [3.63, 3.8) is 0 Å². The third-order valence-corrected chi connectivity index (χ3v) is 18.5. The summed E-state index contributed by atoms with van der Waals surface area (Å²) in [4.78, 5) is 74.8. The molecule has 1 fully saturated rings. The highest BCUT2D eigenvalue weighted by Crippen LogP contribution is 2.46. The zero-order chi connectivity index (χ0) is 65.2. The summed E-state index contributed by atoms with van der Waals surface area (Å²) >= 11 is 0. The number of benzene rings is 5. The van der Waals surface area contributed by atoms with E-state index < -0.39 is 12.1 Å². The van der Waals surface area contributed by atoms with E-state index in [9.17, 15) is 9.59 Å². The van der Waals surface area contributed by atoms with Crippen LogP contribution in [0.4, 0.5) is 69.6 Å². The standard InChI is InChI=1S/C73H69N19O3/c1-41(2)91-44(5)70(94)90(40-46-19-25-53(35-46)92-43(4)69(93)88(7)60-26-24-52(37-62(60)92)79-72-76-33-30-59(81-72)57-39-74-38-50-13-9-10-16-54(50)57)61-27-28-63(83-68(61)91)84-73-77-34-31-64(85-73)82-67-56-18-12-17-55(66(56)89(8)86-67)47-20-22-48(23-21-47)58-29-32-75-71(80-58)78-51-15-11-14-49(36-51)65-42(3)87-95-45(65)6/h9-18,20-24,26-34,36-39,41,43-44,46,53H,19,25,35,40H2,1-8H3,(H,75,78,80)(H,76,79,81)(H2,77,82,83,84,85,86)/t43-,44-,46?,53?/m1/s1. The number of likely N-dealkylation sites (N-methyl/N-ethyl adjacent to an activating group) is 1. The first-order chi connectivity index (χ1) is 46.2. The summed E-state index contributed by atoms with van der Waals surface area (Å²) in [6, 6.07) is 45.3. The van der Waals surface area contributed by atoms with Gasteiger partial charge in [0.05, 0.1) is 39.7 Å². The molecule has 9 heterocycles. The second-order valence-corrected chi connectivity index (χ2v) is 24.9. The third-order valence-electron chi connectivity index (χ3n) is 18.5. The number of amides is 2. The minimum atomic E-state index is -0.473. The number of fused-ring (bicyclic) bond motifs is 4. The first-order valence-electron chi connectivity index (χ1n) is 32.0. The number of hydrogen-bond acceptors (Lipinski definition) is 19. The molecule has 2 amide bonds. The predicted molar refractivity (Wildman–Crippen MR) is 373 cm³/mol. The number of carbonyl (C=O) groups is 2. The van der Waals surface area contributed by atoms with E-state index >= 15 is 0 Å². The highest BCUT2D eigenvalue weighted by molar-refractivity contribution is 6.07. The van der Waals surface area contributed by atoms with Gasteiger partial charge in [0.15, 0.2) is 11.6 Å². The fraction of sp³-hybridized carbons (Fsp3) is 0.233. The summed E-state index contributed by atoms with van der Waals surface area (Å²) in [6.07, 6.45) is 11.4. The Kier molecular flexibility index (Phi) is 15.3. The van der Waals surface area contributed by atoms with Gasteiger partial charge in [0.1, 0.15) is 29.5 Å². The van der Waals surface area contributed by atoms with Crippen LogP contribution in [0.1, 0.15) is 58.4 Å². The molecule has 22 nitrogen and oxygen atoms in total. The van der Waals surface area contributed by atoms with Gasteiger partial charge in [-0.2, -0.15) is 10.1 Å². The zero-order valence-electron chi connectivity index (χ0n) is 53.8. The predicted octanol–water partition coefficient (Wildman–Crippen LogP) is 14.1. The molecule has 0 bridgehead atoms. The Morgan fingerprint density at radius 2 is 1.31 bits per heavy atom. The number of hydrogen-bond donors (Lipinski definition) is 4. The van der Waals surface area contributed by atoms with Gasteiger partial charge in [-0.1, -0.05) is 78.0 Å². The Hall–Kier alpha value is -11.7. The molecule has 0 saturated heterocycles. The molecule has 4 N–H and O–H groups in total. The van der Waals surface area contributed by atoms with E-state index in [-0.39, 0.29) is 29.8 Å². The van der Waals surface area contributed by atoms with Gasteiger partial charge in [-0.15, -0.1) is 0 Å². The molecular weight excluding hydrogens is 1190 g/mol. The summed E-state index contributed by atoms with van der Waals surface area (Å²) < 4.78 is 7.31. The van der Waals surface area contributed by atoms with Crippen molar-refractivity contribution in [1.29, 1.82) is 0 Å². The molecule has 95 heavy (non-hydrogen) atoms. The molecule has 5 aromatic carbocycles. The van der Waals surface area contributed by atoms with Crippen molar-refractivity contribution in [2.75, 3.05) is 54.5 Å². The first kappa shape index (κ1) is 59.6. The summed E-state index contributed by atoms with van der Waals surface area (Å²) in [6.45, 7) is 12.5. The smallest absolute Gasteiger partial charge is 0.249 e. The van der Waals surface area contributed by atoms with E-state index in [0.717, 1.165) is 126 Å². The Balaban J connectivity index is 0.626. The van der Waals surface area contributed by atoms with E-state index in [1.54, 1.807) is 29.6 Å². The highest BCUT2D eigenvalue weighted by Gasteiger charge is 2.44. The van der Waals surface area contributed by atoms with E-state index in [1.165, 1.54) is 0 Å². The summed E-state index contributed by atoms with van der Waals surface area (Å²) in [5.74, 6) is 4.64. The quantitative estimate of drug-likeness (QED) is 0.0703. The van der Waals surface area contributed by atoms with Crippen molar-refractivity contribution in [2.45, 2.75) is 85.0 Å². The van der Waals surface area contributed by atoms with Crippen molar-refractivity contribution in [3.8, 4) is 44.8 Å². The number of para-hydroxylation sites is 1. The normalized spacial score (nSPS) is 17.0. The van der Waals surface area contributed by atoms with Crippen molar-refractivity contribution < 1.29 is 14.1 Å². The van der Waals surface area contributed by atoms with Gasteiger partial charge in [-0.05, 0) is 150 Å². The molecule has 3 aliphatic rings. The monoisotopic (exact) mass is 1260 g/mol. The van der Waals surface area contributed by atoms with Crippen molar-refractivity contribution >= 4 is 103 Å². The number of aromatic nitrogens is 11. The van der Waals surface area contributed by atoms with Gasteiger partial charge in [0.25, 0.3) is 0 Å². The van der Waals surface area contributed by atoms with E-state index in [1.807, 2.05) is 155 Å². The minimum absolute atomic E-state index is 0.0223. The lowest BCUT2D eigenvalue weighted by Crippen LogP contribution is -2.56. The van der Waals surface area contributed by atoms with Crippen molar-refractivity contribution in [1.82, 2.24) is 54.8 Å². The number of carbonyl (C=O) groups excluding carboxylic acids is 2. The Morgan fingerprint density at radius 1 is 0.600 bits per heavy atom. The second kappa shape index (κ2) is 24.4. The molecule has 474 valence electrons. The largest absolute Gasteiger partial charge is 0.361 e. The van der Waals surface area contributed by atoms with Gasteiger partial charge in [0.2, 0.25) is 29.7 Å². The molecule has 12 aromatic rings. The molecule has 0 radical (unpaired) electrons. The first-order valence-corrected chi connectivity index (χ1v) is 32.0. The van der Waals surface area contributed by atoms with Gasteiger partial charge in [0, 0.05) is 108 Å². The van der Waals surface area contributed by atoms with Crippen LogP contribution in [0, 0.1) is 19.8 Å². The number of nitrogens with one attached hydrogen (secondary N) is 4. The van der Waals surface area contributed by atoms with Crippen molar-refractivity contribution in [3.05, 3.63) is 182 Å². The molecule has 22 heteroatoms. The fourth-order valence-electron chi connectivity index (χ4n) is 14.1. The van der Waals surface area contributed by atoms with Crippen LogP contribution in [-0.4, -0.2) is 104 Å². The third kappa shape index (κ3) is 11.2. The van der Waals surface area contributed by atoms with Crippen LogP contribution >= 0.6 is 0 Å². The summed E-state index contributed by atoms with van der Waals surface area (Å²) in [7, 11) is 3.78.